The molecule has 0 radical (unpaired) electrons. The second-order valence-corrected chi connectivity index (χ2v) is 30.1. The van der Waals surface area contributed by atoms with Gasteiger partial charge in [-0.25, -0.2) is 0 Å². The van der Waals surface area contributed by atoms with Crippen molar-refractivity contribution in [2.24, 2.45) is 5.41 Å². The van der Waals surface area contributed by atoms with Crippen molar-refractivity contribution >= 4 is 68.6 Å². The van der Waals surface area contributed by atoms with E-state index in [0.29, 0.717) is 0 Å². The molecule has 2 atom stereocenters. The lowest BCUT2D eigenvalue weighted by molar-refractivity contribution is 0.330. The van der Waals surface area contributed by atoms with Gasteiger partial charge in [0.1, 0.15) is 0 Å². The number of nitrogens with zero attached hydrogens (tertiary/aromatic N) is 3. The van der Waals surface area contributed by atoms with Crippen molar-refractivity contribution in [3.05, 3.63) is 222 Å². The molecular formula is C79H82BN3. The van der Waals surface area contributed by atoms with E-state index in [1.54, 1.807) is 0 Å². The fourth-order valence-electron chi connectivity index (χ4n) is 16.4. The summed E-state index contributed by atoms with van der Waals surface area (Å²) in [4.78, 5) is 8.24. The molecule has 83 heavy (non-hydrogen) atoms. The maximum absolute atomic E-state index is 2.84. The van der Waals surface area contributed by atoms with E-state index in [1.165, 1.54) is 117 Å². The summed E-state index contributed by atoms with van der Waals surface area (Å²) in [6.07, 6.45) is 4.46. The lowest BCUT2D eigenvalue weighted by atomic mass is 9.33. The van der Waals surface area contributed by atoms with Crippen LogP contribution >= 0.6 is 0 Å². The topological polar surface area (TPSA) is 9.72 Å². The Kier molecular flexibility index (Phi) is 11.7. The molecular weight excluding hydrogens is 1000 g/mol. The molecule has 3 nitrogen and oxygen atoms in total. The Bertz CT molecular complexity index is 4060. The maximum atomic E-state index is 2.84. The number of benzene rings is 9. The Labute approximate surface area is 496 Å². The zero-order valence-electron chi connectivity index (χ0n) is 51.7. The van der Waals surface area contributed by atoms with Crippen LogP contribution in [-0.4, -0.2) is 12.3 Å². The van der Waals surface area contributed by atoms with Crippen molar-refractivity contribution in [3.63, 3.8) is 0 Å². The first kappa shape index (κ1) is 53.5. The Morgan fingerprint density at radius 1 is 0.373 bits per heavy atom. The van der Waals surface area contributed by atoms with Crippen LogP contribution < -0.4 is 31.1 Å². The zero-order valence-corrected chi connectivity index (χ0v) is 51.7. The minimum atomic E-state index is -0.231. The third-order valence-electron chi connectivity index (χ3n) is 20.8. The summed E-state index contributed by atoms with van der Waals surface area (Å²) in [5.74, 6) is 0. The molecule has 3 heterocycles. The van der Waals surface area contributed by atoms with Crippen molar-refractivity contribution in [1.29, 1.82) is 0 Å². The molecule has 0 aromatic heterocycles. The first-order chi connectivity index (χ1) is 39.4. The van der Waals surface area contributed by atoms with Gasteiger partial charge in [0, 0.05) is 50.8 Å². The van der Waals surface area contributed by atoms with Gasteiger partial charge in [-0.3, -0.25) is 0 Å². The van der Waals surface area contributed by atoms with Gasteiger partial charge >= 0.3 is 0 Å². The summed E-state index contributed by atoms with van der Waals surface area (Å²) in [6.45, 7) is 34.3. The molecule has 1 saturated carbocycles. The summed E-state index contributed by atoms with van der Waals surface area (Å²) in [5, 5.41) is 0. The van der Waals surface area contributed by atoms with Crippen molar-refractivity contribution in [3.8, 4) is 33.4 Å². The van der Waals surface area contributed by atoms with Gasteiger partial charge in [-0.2, -0.15) is 0 Å². The molecule has 0 spiro atoms. The fourth-order valence-corrected chi connectivity index (χ4v) is 16.4. The van der Waals surface area contributed by atoms with Gasteiger partial charge in [0.05, 0.1) is 11.2 Å². The summed E-state index contributed by atoms with van der Waals surface area (Å²) in [6, 6.07) is 75.5. The van der Waals surface area contributed by atoms with Gasteiger partial charge in [-0.1, -0.05) is 230 Å². The molecule has 3 aliphatic heterocycles. The molecule has 0 saturated heterocycles. The molecule has 1 fully saturated rings. The number of rotatable bonds is 6. The third-order valence-corrected chi connectivity index (χ3v) is 20.8. The number of fused-ring (bicyclic) bond motifs is 8. The van der Waals surface area contributed by atoms with Crippen LogP contribution in [0.1, 0.15) is 150 Å². The molecule has 2 aliphatic carbocycles. The first-order valence-corrected chi connectivity index (χ1v) is 30.8. The van der Waals surface area contributed by atoms with E-state index < -0.39 is 0 Å². The van der Waals surface area contributed by atoms with Crippen LogP contribution in [0, 0.1) is 5.41 Å². The lowest BCUT2D eigenvalue weighted by Crippen LogP contribution is -2.62. The zero-order chi connectivity index (χ0) is 58.0. The van der Waals surface area contributed by atoms with Crippen LogP contribution in [0.3, 0.4) is 0 Å². The molecule has 9 aromatic carbocycles. The van der Waals surface area contributed by atoms with Crippen LogP contribution in [0.4, 0.5) is 45.5 Å². The van der Waals surface area contributed by atoms with E-state index in [4.69, 9.17) is 0 Å². The van der Waals surface area contributed by atoms with E-state index in [0.717, 1.165) is 31.4 Å². The van der Waals surface area contributed by atoms with E-state index in [-0.39, 0.29) is 44.7 Å². The van der Waals surface area contributed by atoms with Gasteiger partial charge < -0.3 is 14.7 Å². The largest absolute Gasteiger partial charge is 0.334 e. The average Bonchev–Trinajstić information content (AvgIpc) is 1.76. The van der Waals surface area contributed by atoms with Gasteiger partial charge in [0.25, 0.3) is 6.71 Å². The van der Waals surface area contributed by atoms with Crippen molar-refractivity contribution in [1.82, 2.24) is 0 Å². The van der Waals surface area contributed by atoms with Crippen molar-refractivity contribution in [2.75, 3.05) is 14.7 Å². The quantitative estimate of drug-likeness (QED) is 0.154. The Morgan fingerprint density at radius 2 is 0.867 bits per heavy atom. The van der Waals surface area contributed by atoms with Crippen LogP contribution in [0.5, 0.6) is 0 Å². The van der Waals surface area contributed by atoms with E-state index in [9.17, 15) is 0 Å². The summed E-state index contributed by atoms with van der Waals surface area (Å²) < 4.78 is 0. The molecule has 416 valence electrons. The SMILES string of the molecule is CC1(C)CC2(C)c3cc(C(C)(C)C)ccc3N(c3cc4c5c(c3)N(c3ccc(C(C)(C)C)cc3-c3ccccc3)c3cc6c(cc3B5c3cc(-c5ccccc5)ccc3N4c3ccc(-c4ccccc4)cc3)C(C)(C)CCC6(C)C)C2(C)C1. The Hall–Kier alpha value is -7.56. The summed E-state index contributed by atoms with van der Waals surface area (Å²) in [5.41, 5.74) is 28.2. The predicted octanol–water partition coefficient (Wildman–Crippen LogP) is 19.7. The third kappa shape index (κ3) is 8.26. The van der Waals surface area contributed by atoms with Gasteiger partial charge in [-0.15, -0.1) is 0 Å². The molecule has 0 N–H and O–H groups in total. The monoisotopic (exact) mass is 1080 g/mol. The Balaban J connectivity index is 1.14. The summed E-state index contributed by atoms with van der Waals surface area (Å²) >= 11 is 0. The molecule has 9 aromatic rings. The van der Waals surface area contributed by atoms with Crippen LogP contribution in [-0.2, 0) is 27.1 Å². The van der Waals surface area contributed by atoms with Crippen molar-refractivity contribution in [2.45, 2.75) is 155 Å². The minimum Gasteiger partial charge on any atom is -0.334 e. The molecule has 2 unspecified atom stereocenters. The molecule has 14 rings (SSSR count). The van der Waals surface area contributed by atoms with Crippen molar-refractivity contribution < 1.29 is 0 Å². The standard InChI is InChI=1S/C79H82BN3/c1-73(2,3)56-33-38-66(60(43-56)54-28-22-17-23-29-54)82-69-48-62-61(76(9,10)40-41-77(62,11)12)47-65(69)80-64-42-55(52-26-20-16-21-27-52)32-37-68(64)81(58-35-30-53(31-36-58)51-24-18-15-19-25-51)70-45-59(46-71(82)72(70)80)83-67-39-34-57(74(4,5)6)44-63(67)78(13)49-75(7,8)50-79(78,83)14/h15-39,42-48H,40-41,49-50H2,1-14H3. The summed E-state index contributed by atoms with van der Waals surface area (Å²) in [7, 11) is 0. The second-order valence-electron chi connectivity index (χ2n) is 30.1. The first-order valence-electron chi connectivity index (χ1n) is 30.8. The maximum Gasteiger partial charge on any atom is 0.252 e. The lowest BCUT2D eigenvalue weighted by Gasteiger charge is -2.49. The molecule has 4 heteroatoms. The number of hydrogen-bond donors (Lipinski definition) is 0. The van der Waals surface area contributed by atoms with E-state index in [2.05, 4.69) is 306 Å². The number of anilines is 8. The van der Waals surface area contributed by atoms with E-state index >= 15 is 0 Å². The molecule has 0 bridgehead atoms. The molecule has 0 amide bonds. The highest BCUT2D eigenvalue weighted by Crippen LogP contribution is 2.68. The minimum absolute atomic E-state index is 0.00846. The average molecular weight is 1080 g/mol. The van der Waals surface area contributed by atoms with Crippen LogP contribution in [0.2, 0.25) is 0 Å². The van der Waals surface area contributed by atoms with Crippen LogP contribution in [0.15, 0.2) is 194 Å². The predicted molar refractivity (Wildman–Crippen MR) is 357 cm³/mol. The normalized spacial score (nSPS) is 20.5. The Morgan fingerprint density at radius 3 is 1.47 bits per heavy atom. The van der Waals surface area contributed by atoms with Crippen LogP contribution in [0.25, 0.3) is 33.4 Å². The highest BCUT2D eigenvalue weighted by molar-refractivity contribution is 7.00. The van der Waals surface area contributed by atoms with Gasteiger partial charge in [-0.05, 0) is 186 Å². The van der Waals surface area contributed by atoms with Gasteiger partial charge in [0.15, 0.2) is 0 Å². The smallest absolute Gasteiger partial charge is 0.252 e. The number of hydrogen-bond acceptors (Lipinski definition) is 3. The molecule has 5 aliphatic rings. The highest BCUT2D eigenvalue weighted by atomic mass is 15.3. The highest BCUT2D eigenvalue weighted by Gasteiger charge is 2.64. The second kappa shape index (κ2) is 18.2. The van der Waals surface area contributed by atoms with E-state index in [1.807, 2.05) is 0 Å². The van der Waals surface area contributed by atoms with Gasteiger partial charge in [0.2, 0.25) is 0 Å². The fraction of sp³-hybridized carbons (Fsp3) is 0.316.